The smallest absolute Gasteiger partial charge is 0.234 e. The lowest BCUT2D eigenvalue weighted by Gasteiger charge is -2.31. The molecule has 5 heteroatoms. The van der Waals surface area contributed by atoms with Crippen molar-refractivity contribution in [3.63, 3.8) is 0 Å². The average Bonchev–Trinajstić information content (AvgIpc) is 2.74. The Bertz CT molecular complexity index is 756. The van der Waals surface area contributed by atoms with Gasteiger partial charge in [0.25, 0.3) is 0 Å². The van der Waals surface area contributed by atoms with Crippen LogP contribution in [0.4, 0.5) is 0 Å². The number of amides is 1. The van der Waals surface area contributed by atoms with Gasteiger partial charge < -0.3 is 14.8 Å². The lowest BCUT2D eigenvalue weighted by Crippen LogP contribution is -2.41. The van der Waals surface area contributed by atoms with Crippen LogP contribution in [0.3, 0.4) is 0 Å². The van der Waals surface area contributed by atoms with Crippen LogP contribution < -0.4 is 14.8 Å². The monoisotopic (exact) mass is 382 g/mol. The van der Waals surface area contributed by atoms with E-state index in [1.807, 2.05) is 18.2 Å². The molecule has 1 aliphatic rings. The van der Waals surface area contributed by atoms with E-state index < -0.39 is 0 Å². The molecule has 0 atom stereocenters. The third kappa shape index (κ3) is 5.73. The van der Waals surface area contributed by atoms with E-state index in [0.29, 0.717) is 30.5 Å². The first-order chi connectivity index (χ1) is 13.7. The quantitative estimate of drug-likeness (QED) is 0.761. The Morgan fingerprint density at radius 3 is 2.39 bits per heavy atom. The van der Waals surface area contributed by atoms with E-state index in [2.05, 4.69) is 40.5 Å². The number of ether oxygens (including phenoxy) is 2. The van der Waals surface area contributed by atoms with Crippen LogP contribution in [-0.2, 0) is 17.8 Å². The van der Waals surface area contributed by atoms with Crippen molar-refractivity contribution in [2.45, 2.75) is 25.8 Å². The highest BCUT2D eigenvalue weighted by Gasteiger charge is 2.21. The number of likely N-dealkylation sites (tertiary alicyclic amines) is 1. The Labute approximate surface area is 167 Å². The molecule has 0 spiro atoms. The van der Waals surface area contributed by atoms with Gasteiger partial charge in [0.1, 0.15) is 0 Å². The molecule has 5 nitrogen and oxygen atoms in total. The van der Waals surface area contributed by atoms with Crippen molar-refractivity contribution in [1.29, 1.82) is 0 Å². The fourth-order valence-electron chi connectivity index (χ4n) is 3.75. The van der Waals surface area contributed by atoms with Crippen molar-refractivity contribution in [1.82, 2.24) is 10.2 Å². The highest BCUT2D eigenvalue weighted by molar-refractivity contribution is 5.78. The fourth-order valence-corrected chi connectivity index (χ4v) is 3.75. The minimum absolute atomic E-state index is 0.0660. The summed E-state index contributed by atoms with van der Waals surface area (Å²) in [7, 11) is 3.23. The zero-order valence-corrected chi connectivity index (χ0v) is 16.8. The van der Waals surface area contributed by atoms with Crippen LogP contribution in [0.5, 0.6) is 11.5 Å². The Balaban J connectivity index is 1.40. The van der Waals surface area contributed by atoms with Crippen LogP contribution >= 0.6 is 0 Å². The van der Waals surface area contributed by atoms with Crippen LogP contribution in [0.15, 0.2) is 48.5 Å². The number of carbonyl (C=O) groups excluding carboxylic acids is 1. The molecule has 1 aliphatic heterocycles. The van der Waals surface area contributed by atoms with E-state index in [1.54, 1.807) is 14.2 Å². The molecule has 3 rings (SSSR count). The van der Waals surface area contributed by atoms with Gasteiger partial charge in [-0.05, 0) is 61.5 Å². The number of nitrogens with zero attached hydrogens (tertiary/aromatic N) is 1. The molecule has 1 fully saturated rings. The third-order valence-electron chi connectivity index (χ3n) is 5.38. The fraction of sp³-hybridized carbons (Fsp3) is 0.435. The van der Waals surface area contributed by atoms with Crippen LogP contribution in [-0.4, -0.2) is 44.7 Å². The Morgan fingerprint density at radius 2 is 1.71 bits per heavy atom. The molecule has 0 radical (unpaired) electrons. The van der Waals surface area contributed by atoms with Crippen molar-refractivity contribution in [3.8, 4) is 11.5 Å². The van der Waals surface area contributed by atoms with Crippen molar-refractivity contribution in [3.05, 3.63) is 59.7 Å². The Kier molecular flexibility index (Phi) is 7.31. The molecule has 1 heterocycles. The summed E-state index contributed by atoms with van der Waals surface area (Å²) in [5.41, 5.74) is 2.40. The maximum absolute atomic E-state index is 12.3. The van der Waals surface area contributed by atoms with Gasteiger partial charge in [0, 0.05) is 6.54 Å². The van der Waals surface area contributed by atoms with Crippen LogP contribution in [0.25, 0.3) is 0 Å². The standard InChI is InChI=1S/C23H30N2O3/c1-27-21-9-8-20(15-22(21)28-2)16-24-23(26)17-25-12-10-19(11-13-25)14-18-6-4-3-5-7-18/h3-9,15,19H,10-14,16-17H2,1-2H3,(H,24,26). The lowest BCUT2D eigenvalue weighted by molar-refractivity contribution is -0.122. The first-order valence-corrected chi connectivity index (χ1v) is 9.92. The molecule has 1 amide bonds. The Morgan fingerprint density at radius 1 is 1.00 bits per heavy atom. The first-order valence-electron chi connectivity index (χ1n) is 9.92. The molecule has 1 N–H and O–H groups in total. The molecule has 2 aromatic carbocycles. The molecular formula is C23H30N2O3. The van der Waals surface area contributed by atoms with E-state index in [-0.39, 0.29) is 5.91 Å². The summed E-state index contributed by atoms with van der Waals surface area (Å²) in [5.74, 6) is 2.15. The van der Waals surface area contributed by atoms with Gasteiger partial charge in [-0.3, -0.25) is 9.69 Å². The van der Waals surface area contributed by atoms with Crippen LogP contribution in [0.1, 0.15) is 24.0 Å². The molecule has 0 bridgehead atoms. The molecule has 1 saturated heterocycles. The van der Waals surface area contributed by atoms with E-state index in [1.165, 1.54) is 5.56 Å². The number of rotatable bonds is 8. The normalized spacial score (nSPS) is 15.2. The maximum atomic E-state index is 12.3. The van der Waals surface area contributed by atoms with Gasteiger partial charge >= 0.3 is 0 Å². The minimum atomic E-state index is 0.0660. The summed E-state index contributed by atoms with van der Waals surface area (Å²) < 4.78 is 10.6. The zero-order valence-electron chi connectivity index (χ0n) is 16.8. The summed E-state index contributed by atoms with van der Waals surface area (Å²) in [6.07, 6.45) is 3.44. The number of benzene rings is 2. The SMILES string of the molecule is COc1ccc(CNC(=O)CN2CCC(Cc3ccccc3)CC2)cc1OC. The van der Waals surface area contributed by atoms with E-state index in [9.17, 15) is 4.79 Å². The topological polar surface area (TPSA) is 50.8 Å². The second-order valence-electron chi connectivity index (χ2n) is 7.38. The average molecular weight is 383 g/mol. The van der Waals surface area contributed by atoms with Crippen LogP contribution in [0, 0.1) is 5.92 Å². The molecule has 0 aliphatic carbocycles. The van der Waals surface area contributed by atoms with Gasteiger partial charge in [0.15, 0.2) is 11.5 Å². The maximum Gasteiger partial charge on any atom is 0.234 e. The lowest BCUT2D eigenvalue weighted by atomic mass is 9.90. The number of carbonyl (C=O) groups is 1. The Hall–Kier alpha value is -2.53. The van der Waals surface area contributed by atoms with Crippen molar-refractivity contribution < 1.29 is 14.3 Å². The second kappa shape index (κ2) is 10.1. The van der Waals surface area contributed by atoms with E-state index in [0.717, 1.165) is 37.9 Å². The number of piperidine rings is 1. The van der Waals surface area contributed by atoms with Gasteiger partial charge in [-0.15, -0.1) is 0 Å². The second-order valence-corrected chi connectivity index (χ2v) is 7.38. The highest BCUT2D eigenvalue weighted by atomic mass is 16.5. The van der Waals surface area contributed by atoms with E-state index in [4.69, 9.17) is 9.47 Å². The van der Waals surface area contributed by atoms with Gasteiger partial charge in [-0.1, -0.05) is 36.4 Å². The number of nitrogens with one attached hydrogen (secondary N) is 1. The number of hydrogen-bond acceptors (Lipinski definition) is 4. The molecule has 0 saturated carbocycles. The summed E-state index contributed by atoms with van der Waals surface area (Å²) in [6, 6.07) is 16.4. The summed E-state index contributed by atoms with van der Waals surface area (Å²) >= 11 is 0. The van der Waals surface area contributed by atoms with Gasteiger partial charge in [0.05, 0.1) is 20.8 Å². The zero-order chi connectivity index (χ0) is 19.8. The highest BCUT2D eigenvalue weighted by Crippen LogP contribution is 2.27. The molecule has 0 aromatic heterocycles. The van der Waals surface area contributed by atoms with Gasteiger partial charge in [-0.25, -0.2) is 0 Å². The molecule has 2 aromatic rings. The van der Waals surface area contributed by atoms with Crippen LogP contribution in [0.2, 0.25) is 0 Å². The summed E-state index contributed by atoms with van der Waals surface area (Å²) in [4.78, 5) is 14.6. The minimum Gasteiger partial charge on any atom is -0.493 e. The summed E-state index contributed by atoms with van der Waals surface area (Å²) in [5, 5.41) is 3.01. The first kappa shape index (κ1) is 20.2. The van der Waals surface area contributed by atoms with E-state index >= 15 is 0 Å². The van der Waals surface area contributed by atoms with Crippen molar-refractivity contribution in [2.24, 2.45) is 5.92 Å². The molecule has 0 unspecified atom stereocenters. The molecule has 150 valence electrons. The van der Waals surface area contributed by atoms with Crippen molar-refractivity contribution in [2.75, 3.05) is 33.9 Å². The van der Waals surface area contributed by atoms with Gasteiger partial charge in [0.2, 0.25) is 5.91 Å². The molecule has 28 heavy (non-hydrogen) atoms. The predicted molar refractivity (Wildman–Crippen MR) is 111 cm³/mol. The number of hydrogen-bond donors (Lipinski definition) is 1. The third-order valence-corrected chi connectivity index (χ3v) is 5.38. The van der Waals surface area contributed by atoms with Gasteiger partial charge in [-0.2, -0.15) is 0 Å². The molecular weight excluding hydrogens is 352 g/mol. The number of methoxy groups -OCH3 is 2. The van der Waals surface area contributed by atoms with Crippen molar-refractivity contribution >= 4 is 5.91 Å². The summed E-state index contributed by atoms with van der Waals surface area (Å²) in [6.45, 7) is 2.93. The largest absolute Gasteiger partial charge is 0.493 e. The predicted octanol–water partition coefficient (Wildman–Crippen LogP) is 3.27.